The molecule has 0 aliphatic heterocycles. The lowest BCUT2D eigenvalue weighted by Gasteiger charge is -2.05. The predicted octanol–water partition coefficient (Wildman–Crippen LogP) is 1.31. The smallest absolute Gasteiger partial charge is 0.257 e. The standard InChI is InChI=1S/C14H14N2O3/c1-19-11-4-2-10(3-5-11)8-16-14(18)12-9-15-7-6-13(12)17/h2-7,9H,8H2,1H3,(H,15,17)(H,16,18). The number of carbonyl (C=O) groups excluding carboxylic acids is 1. The summed E-state index contributed by atoms with van der Waals surface area (Å²) in [6.07, 6.45) is 2.88. The summed E-state index contributed by atoms with van der Waals surface area (Å²) in [7, 11) is 1.60. The zero-order valence-electron chi connectivity index (χ0n) is 10.5. The van der Waals surface area contributed by atoms with Crippen LogP contribution in [-0.2, 0) is 6.54 Å². The topological polar surface area (TPSA) is 71.2 Å². The van der Waals surface area contributed by atoms with E-state index in [1.54, 1.807) is 7.11 Å². The van der Waals surface area contributed by atoms with E-state index in [0.717, 1.165) is 11.3 Å². The van der Waals surface area contributed by atoms with Gasteiger partial charge in [0.05, 0.1) is 7.11 Å². The second kappa shape index (κ2) is 5.86. The number of aromatic amines is 1. The molecule has 0 saturated heterocycles. The van der Waals surface area contributed by atoms with Crippen molar-refractivity contribution in [3.8, 4) is 5.75 Å². The van der Waals surface area contributed by atoms with Crippen LogP contribution in [0, 0.1) is 0 Å². The highest BCUT2D eigenvalue weighted by atomic mass is 16.5. The summed E-state index contributed by atoms with van der Waals surface area (Å²) in [5, 5.41) is 2.69. The van der Waals surface area contributed by atoms with E-state index in [4.69, 9.17) is 4.74 Å². The van der Waals surface area contributed by atoms with Crippen LogP contribution in [0.3, 0.4) is 0 Å². The molecule has 0 saturated carbocycles. The van der Waals surface area contributed by atoms with Crippen LogP contribution in [0.4, 0.5) is 0 Å². The molecule has 1 aromatic heterocycles. The summed E-state index contributed by atoms with van der Waals surface area (Å²) >= 11 is 0. The highest BCUT2D eigenvalue weighted by Crippen LogP contribution is 2.10. The van der Waals surface area contributed by atoms with Crippen LogP contribution in [0.25, 0.3) is 0 Å². The minimum atomic E-state index is -0.391. The summed E-state index contributed by atoms with van der Waals surface area (Å²) in [4.78, 5) is 26.0. The molecule has 0 atom stereocenters. The van der Waals surface area contributed by atoms with E-state index in [2.05, 4.69) is 10.3 Å². The predicted molar refractivity (Wildman–Crippen MR) is 71.2 cm³/mol. The number of nitrogens with one attached hydrogen (secondary N) is 2. The molecule has 0 aliphatic carbocycles. The van der Waals surface area contributed by atoms with Gasteiger partial charge in [-0.15, -0.1) is 0 Å². The van der Waals surface area contributed by atoms with Gasteiger partial charge < -0.3 is 15.0 Å². The van der Waals surface area contributed by atoms with Crippen molar-refractivity contribution in [2.24, 2.45) is 0 Å². The Hall–Kier alpha value is -2.56. The average Bonchev–Trinajstić information content (AvgIpc) is 2.46. The maximum atomic E-state index is 11.8. The van der Waals surface area contributed by atoms with E-state index in [1.807, 2.05) is 24.3 Å². The number of methoxy groups -OCH3 is 1. The zero-order valence-corrected chi connectivity index (χ0v) is 10.5. The Balaban J connectivity index is 2.00. The van der Waals surface area contributed by atoms with Crippen molar-refractivity contribution in [1.82, 2.24) is 10.3 Å². The third-order valence-corrected chi connectivity index (χ3v) is 2.68. The number of aromatic nitrogens is 1. The molecule has 0 aliphatic rings. The van der Waals surface area contributed by atoms with E-state index in [1.165, 1.54) is 18.5 Å². The number of carbonyl (C=O) groups is 1. The molecule has 2 N–H and O–H groups in total. The third kappa shape index (κ3) is 3.22. The van der Waals surface area contributed by atoms with Crippen molar-refractivity contribution >= 4 is 5.91 Å². The number of amides is 1. The molecule has 1 heterocycles. The number of benzene rings is 1. The number of rotatable bonds is 4. The van der Waals surface area contributed by atoms with Crippen molar-refractivity contribution < 1.29 is 9.53 Å². The van der Waals surface area contributed by atoms with Crippen LogP contribution >= 0.6 is 0 Å². The van der Waals surface area contributed by atoms with Gasteiger partial charge in [-0.1, -0.05) is 12.1 Å². The third-order valence-electron chi connectivity index (χ3n) is 2.68. The average molecular weight is 258 g/mol. The molecule has 19 heavy (non-hydrogen) atoms. The van der Waals surface area contributed by atoms with Gasteiger partial charge in [-0.3, -0.25) is 9.59 Å². The molecule has 5 nitrogen and oxygen atoms in total. The van der Waals surface area contributed by atoms with E-state index >= 15 is 0 Å². The molecule has 2 rings (SSSR count). The van der Waals surface area contributed by atoms with Gasteiger partial charge in [0.25, 0.3) is 5.91 Å². The molecule has 0 unspecified atom stereocenters. The summed E-state index contributed by atoms with van der Waals surface area (Å²) in [6.45, 7) is 0.358. The van der Waals surface area contributed by atoms with Gasteiger partial charge in [0, 0.05) is 25.0 Å². The lowest BCUT2D eigenvalue weighted by molar-refractivity contribution is 0.0949. The van der Waals surface area contributed by atoms with Crippen LogP contribution in [0.1, 0.15) is 15.9 Å². The molecule has 2 aromatic rings. The fraction of sp³-hybridized carbons (Fsp3) is 0.143. The van der Waals surface area contributed by atoms with E-state index in [9.17, 15) is 9.59 Å². The molecular formula is C14H14N2O3. The Labute approximate surface area is 110 Å². The Morgan fingerprint density at radius 2 is 2.00 bits per heavy atom. The first-order valence-corrected chi connectivity index (χ1v) is 5.79. The molecule has 0 fully saturated rings. The SMILES string of the molecule is COc1ccc(CNC(=O)c2c[nH]ccc2=O)cc1. The van der Waals surface area contributed by atoms with E-state index in [-0.39, 0.29) is 11.0 Å². The number of ether oxygens (including phenoxy) is 1. The fourth-order valence-electron chi connectivity index (χ4n) is 1.61. The maximum absolute atomic E-state index is 11.8. The van der Waals surface area contributed by atoms with Gasteiger partial charge in [-0.05, 0) is 17.7 Å². The molecule has 0 bridgehead atoms. The first kappa shape index (κ1) is 12.9. The Bertz CT molecular complexity index is 617. The lowest BCUT2D eigenvalue weighted by Crippen LogP contribution is -2.27. The Morgan fingerprint density at radius 1 is 1.26 bits per heavy atom. The quantitative estimate of drug-likeness (QED) is 0.868. The largest absolute Gasteiger partial charge is 0.497 e. The van der Waals surface area contributed by atoms with Gasteiger partial charge in [-0.25, -0.2) is 0 Å². The van der Waals surface area contributed by atoms with Crippen LogP contribution in [0.2, 0.25) is 0 Å². The van der Waals surface area contributed by atoms with Crippen LogP contribution < -0.4 is 15.5 Å². The minimum Gasteiger partial charge on any atom is -0.497 e. The molecule has 0 spiro atoms. The van der Waals surface area contributed by atoms with Crippen LogP contribution in [0.5, 0.6) is 5.75 Å². The molecule has 5 heteroatoms. The number of hydrogen-bond acceptors (Lipinski definition) is 3. The van der Waals surface area contributed by atoms with Crippen molar-refractivity contribution in [2.45, 2.75) is 6.54 Å². The second-order valence-corrected chi connectivity index (χ2v) is 3.95. The van der Waals surface area contributed by atoms with Gasteiger partial charge in [0.1, 0.15) is 11.3 Å². The normalized spacial score (nSPS) is 9.95. The lowest BCUT2D eigenvalue weighted by atomic mass is 10.2. The molecule has 98 valence electrons. The first-order chi connectivity index (χ1) is 9.20. The van der Waals surface area contributed by atoms with Crippen molar-refractivity contribution in [3.05, 3.63) is 64.1 Å². The monoisotopic (exact) mass is 258 g/mol. The zero-order chi connectivity index (χ0) is 13.7. The second-order valence-electron chi connectivity index (χ2n) is 3.95. The van der Waals surface area contributed by atoms with E-state index in [0.29, 0.717) is 6.54 Å². The molecular weight excluding hydrogens is 244 g/mol. The van der Waals surface area contributed by atoms with Crippen LogP contribution in [0.15, 0.2) is 47.5 Å². The summed E-state index contributed by atoms with van der Waals surface area (Å²) < 4.78 is 5.05. The molecule has 1 aromatic carbocycles. The van der Waals surface area contributed by atoms with Gasteiger partial charge in [-0.2, -0.15) is 0 Å². The molecule has 0 radical (unpaired) electrons. The Kier molecular flexibility index (Phi) is 3.97. The van der Waals surface area contributed by atoms with Crippen molar-refractivity contribution in [3.63, 3.8) is 0 Å². The van der Waals surface area contributed by atoms with Gasteiger partial charge in [0.2, 0.25) is 0 Å². The summed E-state index contributed by atoms with van der Waals surface area (Å²) in [5.41, 5.74) is 0.739. The highest BCUT2D eigenvalue weighted by Gasteiger charge is 2.08. The number of hydrogen-bond donors (Lipinski definition) is 2. The van der Waals surface area contributed by atoms with Crippen molar-refractivity contribution in [2.75, 3.05) is 7.11 Å². The van der Waals surface area contributed by atoms with Gasteiger partial charge >= 0.3 is 0 Å². The number of pyridine rings is 1. The Morgan fingerprint density at radius 3 is 2.63 bits per heavy atom. The van der Waals surface area contributed by atoms with E-state index < -0.39 is 5.91 Å². The first-order valence-electron chi connectivity index (χ1n) is 5.79. The van der Waals surface area contributed by atoms with Gasteiger partial charge in [0.15, 0.2) is 5.43 Å². The van der Waals surface area contributed by atoms with Crippen molar-refractivity contribution in [1.29, 1.82) is 0 Å². The fourth-order valence-corrected chi connectivity index (χ4v) is 1.61. The number of H-pyrrole nitrogens is 1. The molecule has 1 amide bonds. The maximum Gasteiger partial charge on any atom is 0.257 e. The highest BCUT2D eigenvalue weighted by molar-refractivity contribution is 5.93. The summed E-state index contributed by atoms with van der Waals surface area (Å²) in [6, 6.07) is 8.67. The summed E-state index contributed by atoms with van der Waals surface area (Å²) in [5.74, 6) is 0.368. The minimum absolute atomic E-state index is 0.107. The van der Waals surface area contributed by atoms with Crippen LogP contribution in [-0.4, -0.2) is 18.0 Å².